The molecule has 0 saturated heterocycles. The van der Waals surface area contributed by atoms with E-state index in [-0.39, 0.29) is 0 Å². The molecular formula is C9H22N2O. The minimum Gasteiger partial charge on any atom is -0.385 e. The van der Waals surface area contributed by atoms with Crippen LogP contribution in [0.2, 0.25) is 0 Å². The average Bonchev–Trinajstić information content (AvgIpc) is 2.00. The Balaban J connectivity index is 3.13. The molecular weight excluding hydrogens is 152 g/mol. The fourth-order valence-electron chi connectivity index (χ4n) is 0.931. The van der Waals surface area contributed by atoms with E-state index in [1.54, 1.807) is 7.11 Å². The minimum absolute atomic E-state index is 0.560. The molecule has 0 aromatic rings. The predicted molar refractivity (Wildman–Crippen MR) is 52.5 cm³/mol. The lowest BCUT2D eigenvalue weighted by Gasteiger charge is -2.15. The first-order valence-electron chi connectivity index (χ1n) is 4.54. The summed E-state index contributed by atoms with van der Waals surface area (Å²) in [6.07, 6.45) is 1.09. The summed E-state index contributed by atoms with van der Waals surface area (Å²) in [6.45, 7) is 5.18. The second-order valence-electron chi connectivity index (χ2n) is 3.44. The highest BCUT2D eigenvalue weighted by Gasteiger charge is 1.99. The molecule has 0 radical (unpaired) electrons. The summed E-state index contributed by atoms with van der Waals surface area (Å²) in [6, 6.07) is 0.560. The first kappa shape index (κ1) is 11.9. The van der Waals surface area contributed by atoms with Gasteiger partial charge in [0.15, 0.2) is 0 Å². The Hall–Kier alpha value is -0.120. The maximum Gasteiger partial charge on any atom is 0.0476 e. The number of rotatable bonds is 7. The quantitative estimate of drug-likeness (QED) is 0.610. The number of hydrogen-bond acceptors (Lipinski definition) is 3. The summed E-state index contributed by atoms with van der Waals surface area (Å²) in [7, 11) is 5.91. The Morgan fingerprint density at radius 3 is 2.58 bits per heavy atom. The van der Waals surface area contributed by atoms with Gasteiger partial charge in [-0.2, -0.15) is 0 Å². The zero-order valence-electron chi connectivity index (χ0n) is 8.76. The molecule has 3 heteroatoms. The monoisotopic (exact) mass is 174 g/mol. The van der Waals surface area contributed by atoms with Crippen molar-refractivity contribution in [1.82, 2.24) is 10.2 Å². The second-order valence-corrected chi connectivity index (χ2v) is 3.44. The van der Waals surface area contributed by atoms with Crippen LogP contribution >= 0.6 is 0 Å². The molecule has 74 valence electrons. The number of hydrogen-bond donors (Lipinski definition) is 1. The summed E-state index contributed by atoms with van der Waals surface area (Å²) in [5, 5.41) is 3.43. The standard InChI is InChI=1S/C9H22N2O/c1-9(5-8-12-4)10-6-7-11(2)3/h9-10H,5-8H2,1-4H3. The van der Waals surface area contributed by atoms with Gasteiger partial charge in [-0.25, -0.2) is 0 Å². The van der Waals surface area contributed by atoms with Crippen LogP contribution in [0.25, 0.3) is 0 Å². The van der Waals surface area contributed by atoms with E-state index in [1.807, 2.05) is 0 Å². The summed E-state index contributed by atoms with van der Waals surface area (Å²) in [5.74, 6) is 0. The van der Waals surface area contributed by atoms with Crippen LogP contribution in [0.1, 0.15) is 13.3 Å². The van der Waals surface area contributed by atoms with Crippen LogP contribution in [-0.4, -0.2) is 51.8 Å². The van der Waals surface area contributed by atoms with E-state index in [1.165, 1.54) is 0 Å². The Morgan fingerprint density at radius 2 is 2.08 bits per heavy atom. The molecule has 0 aliphatic rings. The van der Waals surface area contributed by atoms with Crippen molar-refractivity contribution in [2.45, 2.75) is 19.4 Å². The van der Waals surface area contributed by atoms with Crippen LogP contribution in [-0.2, 0) is 4.74 Å². The lowest BCUT2D eigenvalue weighted by Crippen LogP contribution is -2.33. The third kappa shape index (κ3) is 7.98. The number of ether oxygens (including phenoxy) is 1. The van der Waals surface area contributed by atoms with Crippen LogP contribution < -0.4 is 5.32 Å². The summed E-state index contributed by atoms with van der Waals surface area (Å²) in [5.41, 5.74) is 0. The fraction of sp³-hybridized carbons (Fsp3) is 1.00. The normalized spacial score (nSPS) is 13.8. The van der Waals surface area contributed by atoms with Crippen LogP contribution in [0.15, 0.2) is 0 Å². The SMILES string of the molecule is COCCC(C)NCCN(C)C. The van der Waals surface area contributed by atoms with Crippen molar-refractivity contribution < 1.29 is 4.74 Å². The molecule has 0 saturated carbocycles. The van der Waals surface area contributed by atoms with E-state index >= 15 is 0 Å². The highest BCUT2D eigenvalue weighted by molar-refractivity contribution is 4.60. The molecule has 3 nitrogen and oxygen atoms in total. The molecule has 0 amide bonds. The molecule has 0 heterocycles. The molecule has 1 unspecified atom stereocenters. The average molecular weight is 174 g/mol. The van der Waals surface area contributed by atoms with Crippen molar-refractivity contribution in [2.75, 3.05) is 40.9 Å². The zero-order chi connectivity index (χ0) is 9.40. The van der Waals surface area contributed by atoms with Gasteiger partial charge in [0.05, 0.1) is 0 Å². The lowest BCUT2D eigenvalue weighted by atomic mass is 10.2. The van der Waals surface area contributed by atoms with Gasteiger partial charge in [-0.15, -0.1) is 0 Å². The van der Waals surface area contributed by atoms with Gasteiger partial charge in [-0.05, 0) is 27.4 Å². The van der Waals surface area contributed by atoms with Gasteiger partial charge in [-0.1, -0.05) is 0 Å². The van der Waals surface area contributed by atoms with E-state index in [9.17, 15) is 0 Å². The molecule has 0 bridgehead atoms. The predicted octanol–water partition coefficient (Wildman–Crippen LogP) is 0.563. The van der Waals surface area contributed by atoms with Crippen LogP contribution in [0.5, 0.6) is 0 Å². The van der Waals surface area contributed by atoms with Crippen molar-refractivity contribution in [2.24, 2.45) is 0 Å². The Bertz CT molecular complexity index is 96.5. The number of nitrogens with one attached hydrogen (secondary N) is 1. The van der Waals surface area contributed by atoms with Gasteiger partial charge in [0.1, 0.15) is 0 Å². The van der Waals surface area contributed by atoms with Gasteiger partial charge in [0, 0.05) is 32.8 Å². The van der Waals surface area contributed by atoms with Crippen molar-refractivity contribution in [3.8, 4) is 0 Å². The van der Waals surface area contributed by atoms with Crippen LogP contribution in [0.4, 0.5) is 0 Å². The van der Waals surface area contributed by atoms with Crippen molar-refractivity contribution in [3.05, 3.63) is 0 Å². The summed E-state index contributed by atoms with van der Waals surface area (Å²) < 4.78 is 4.99. The lowest BCUT2D eigenvalue weighted by molar-refractivity contribution is 0.184. The highest BCUT2D eigenvalue weighted by atomic mass is 16.5. The summed E-state index contributed by atoms with van der Waals surface area (Å²) >= 11 is 0. The third-order valence-corrected chi connectivity index (χ3v) is 1.81. The first-order valence-corrected chi connectivity index (χ1v) is 4.54. The van der Waals surface area contributed by atoms with Gasteiger partial charge < -0.3 is 15.0 Å². The van der Waals surface area contributed by atoms with E-state index in [0.717, 1.165) is 26.1 Å². The Labute approximate surface area is 76.1 Å². The topological polar surface area (TPSA) is 24.5 Å². The summed E-state index contributed by atoms with van der Waals surface area (Å²) in [4.78, 5) is 2.18. The van der Waals surface area contributed by atoms with E-state index in [0.29, 0.717) is 6.04 Å². The molecule has 0 aromatic heterocycles. The Morgan fingerprint density at radius 1 is 1.42 bits per heavy atom. The molecule has 1 atom stereocenters. The second kappa shape index (κ2) is 7.53. The number of methoxy groups -OCH3 is 1. The maximum absolute atomic E-state index is 4.99. The van der Waals surface area contributed by atoms with Gasteiger partial charge in [-0.3, -0.25) is 0 Å². The molecule has 0 aliphatic carbocycles. The maximum atomic E-state index is 4.99. The number of likely N-dealkylation sites (N-methyl/N-ethyl adjacent to an activating group) is 1. The highest BCUT2D eigenvalue weighted by Crippen LogP contribution is 1.89. The molecule has 0 rings (SSSR count). The van der Waals surface area contributed by atoms with Crippen molar-refractivity contribution >= 4 is 0 Å². The molecule has 0 aliphatic heterocycles. The Kier molecular flexibility index (Phi) is 7.45. The van der Waals surface area contributed by atoms with Gasteiger partial charge in [0.2, 0.25) is 0 Å². The number of nitrogens with zero attached hydrogens (tertiary/aromatic N) is 1. The minimum atomic E-state index is 0.560. The molecule has 0 spiro atoms. The smallest absolute Gasteiger partial charge is 0.0476 e. The molecule has 0 aromatic carbocycles. The van der Waals surface area contributed by atoms with Gasteiger partial charge in [0.25, 0.3) is 0 Å². The van der Waals surface area contributed by atoms with Crippen molar-refractivity contribution in [1.29, 1.82) is 0 Å². The molecule has 0 fully saturated rings. The van der Waals surface area contributed by atoms with E-state index in [2.05, 4.69) is 31.2 Å². The van der Waals surface area contributed by atoms with E-state index in [4.69, 9.17) is 4.74 Å². The molecule has 12 heavy (non-hydrogen) atoms. The fourth-order valence-corrected chi connectivity index (χ4v) is 0.931. The van der Waals surface area contributed by atoms with Crippen LogP contribution in [0.3, 0.4) is 0 Å². The zero-order valence-corrected chi connectivity index (χ0v) is 8.76. The van der Waals surface area contributed by atoms with Crippen LogP contribution in [0, 0.1) is 0 Å². The van der Waals surface area contributed by atoms with Crippen molar-refractivity contribution in [3.63, 3.8) is 0 Å². The molecule has 1 N–H and O–H groups in total. The van der Waals surface area contributed by atoms with E-state index < -0.39 is 0 Å². The van der Waals surface area contributed by atoms with Gasteiger partial charge >= 0.3 is 0 Å². The third-order valence-electron chi connectivity index (χ3n) is 1.81. The first-order chi connectivity index (χ1) is 5.66. The largest absolute Gasteiger partial charge is 0.385 e.